The van der Waals surface area contributed by atoms with Crippen molar-refractivity contribution in [3.63, 3.8) is 0 Å². The van der Waals surface area contributed by atoms with Gasteiger partial charge >= 0.3 is 11.7 Å². The van der Waals surface area contributed by atoms with Gasteiger partial charge in [0, 0.05) is 5.69 Å². The lowest BCUT2D eigenvalue weighted by Gasteiger charge is -2.09. The van der Waals surface area contributed by atoms with Crippen molar-refractivity contribution in [3.8, 4) is 11.6 Å². The number of aromatic nitrogens is 4. The molecule has 10 nitrogen and oxygen atoms in total. The number of fused-ring (bicyclic) bond motifs is 3. The van der Waals surface area contributed by atoms with Gasteiger partial charge in [-0.2, -0.15) is 0 Å². The molecule has 0 saturated carbocycles. The zero-order chi connectivity index (χ0) is 25.2. The summed E-state index contributed by atoms with van der Waals surface area (Å²) in [5.74, 6) is -0.214. The lowest BCUT2D eigenvalue weighted by molar-refractivity contribution is -0.117. The number of hydrogen-bond acceptors (Lipinski definition) is 7. The molecule has 1 amide bonds. The average molecular weight is 483 g/mol. The summed E-state index contributed by atoms with van der Waals surface area (Å²) in [6, 6.07) is 20.8. The third-order valence-corrected chi connectivity index (χ3v) is 5.56. The largest absolute Gasteiger partial charge is 0.465 e. The van der Waals surface area contributed by atoms with Crippen LogP contribution in [0.1, 0.15) is 15.9 Å². The number of aryl methyl sites for hydroxylation is 1. The van der Waals surface area contributed by atoms with Crippen LogP contribution in [0.25, 0.3) is 16.7 Å². The van der Waals surface area contributed by atoms with E-state index in [-0.39, 0.29) is 18.1 Å². The number of carbonyl (C=O) groups excluding carboxylic acids is 2. The molecule has 10 heteroatoms. The highest BCUT2D eigenvalue weighted by Crippen LogP contribution is 2.28. The van der Waals surface area contributed by atoms with Crippen molar-refractivity contribution in [3.05, 3.63) is 94.4 Å². The van der Waals surface area contributed by atoms with Crippen LogP contribution in [0, 0.1) is 6.92 Å². The summed E-state index contributed by atoms with van der Waals surface area (Å²) in [7, 11) is 1.29. The minimum absolute atomic E-state index is 0.151. The van der Waals surface area contributed by atoms with Gasteiger partial charge in [-0.1, -0.05) is 30.3 Å². The van der Waals surface area contributed by atoms with Crippen molar-refractivity contribution in [1.82, 2.24) is 19.2 Å². The molecule has 0 fully saturated rings. The number of nitrogens with one attached hydrogen (secondary N) is 1. The molecule has 0 aliphatic carbocycles. The topological polar surface area (TPSA) is 117 Å². The van der Waals surface area contributed by atoms with E-state index in [0.717, 1.165) is 10.2 Å². The fraction of sp³-hybridized carbons (Fsp3) is 0.115. The third kappa shape index (κ3) is 4.27. The zero-order valence-corrected chi connectivity index (χ0v) is 19.5. The van der Waals surface area contributed by atoms with Crippen molar-refractivity contribution in [1.29, 1.82) is 0 Å². The number of nitrogens with zero attached hydrogens (tertiary/aromatic N) is 4. The molecular weight excluding hydrogens is 462 g/mol. The Labute approximate surface area is 204 Å². The molecule has 36 heavy (non-hydrogen) atoms. The summed E-state index contributed by atoms with van der Waals surface area (Å²) in [6.45, 7) is 1.57. The molecule has 5 rings (SSSR count). The van der Waals surface area contributed by atoms with Crippen molar-refractivity contribution in [2.75, 3.05) is 12.4 Å². The Balaban J connectivity index is 1.49. The number of benzene rings is 3. The molecule has 5 aromatic rings. The highest BCUT2D eigenvalue weighted by atomic mass is 16.5. The molecule has 0 atom stereocenters. The van der Waals surface area contributed by atoms with E-state index in [1.807, 2.05) is 31.2 Å². The highest BCUT2D eigenvalue weighted by Gasteiger charge is 2.19. The van der Waals surface area contributed by atoms with Gasteiger partial charge in [-0.3, -0.25) is 4.79 Å². The van der Waals surface area contributed by atoms with Crippen LogP contribution >= 0.6 is 0 Å². The van der Waals surface area contributed by atoms with Crippen LogP contribution in [0.15, 0.2) is 77.6 Å². The second-order valence-electron chi connectivity index (χ2n) is 7.99. The first-order chi connectivity index (χ1) is 17.4. The van der Waals surface area contributed by atoms with Gasteiger partial charge in [0.25, 0.3) is 5.88 Å². The Morgan fingerprint density at radius 3 is 2.44 bits per heavy atom. The molecule has 0 unspecified atom stereocenters. The van der Waals surface area contributed by atoms with Crippen molar-refractivity contribution in [2.45, 2.75) is 13.5 Å². The van der Waals surface area contributed by atoms with Crippen LogP contribution in [-0.4, -0.2) is 38.2 Å². The van der Waals surface area contributed by atoms with Gasteiger partial charge in [-0.15, -0.1) is 5.10 Å². The van der Waals surface area contributed by atoms with Gasteiger partial charge in [0.2, 0.25) is 11.6 Å². The molecule has 0 spiro atoms. The first-order valence-corrected chi connectivity index (χ1v) is 11.0. The van der Waals surface area contributed by atoms with Gasteiger partial charge in [0.1, 0.15) is 12.3 Å². The molecular formula is C26H21N5O5. The summed E-state index contributed by atoms with van der Waals surface area (Å²) in [4.78, 5) is 42.2. The second-order valence-corrected chi connectivity index (χ2v) is 7.99. The molecule has 0 radical (unpaired) electrons. The zero-order valence-electron chi connectivity index (χ0n) is 19.5. The van der Waals surface area contributed by atoms with Gasteiger partial charge < -0.3 is 14.8 Å². The fourth-order valence-corrected chi connectivity index (χ4v) is 3.76. The number of esters is 1. The molecule has 180 valence electrons. The van der Waals surface area contributed by atoms with E-state index in [4.69, 9.17) is 4.74 Å². The van der Waals surface area contributed by atoms with E-state index in [0.29, 0.717) is 28.0 Å². The van der Waals surface area contributed by atoms with Gasteiger partial charge in [-0.05, 0) is 55.0 Å². The van der Waals surface area contributed by atoms with E-state index in [2.05, 4.69) is 20.1 Å². The van der Waals surface area contributed by atoms with Gasteiger partial charge in [-0.25, -0.2) is 23.7 Å². The van der Waals surface area contributed by atoms with E-state index < -0.39 is 17.6 Å². The lowest BCUT2D eigenvalue weighted by Crippen LogP contribution is -2.28. The predicted octanol–water partition coefficient (Wildman–Crippen LogP) is 3.57. The number of amides is 1. The van der Waals surface area contributed by atoms with Gasteiger partial charge in [0.05, 0.1) is 23.7 Å². The average Bonchev–Trinajstić information content (AvgIpc) is 3.21. The van der Waals surface area contributed by atoms with Crippen LogP contribution in [0.5, 0.6) is 11.6 Å². The monoisotopic (exact) mass is 483 g/mol. The van der Waals surface area contributed by atoms with Crippen molar-refractivity contribution in [2.24, 2.45) is 0 Å². The standard InChI is InChI=1S/C26H21N5O5/c1-16-7-3-6-10-21(16)36-24-23-29-30(26(34)31(23)20-9-5-4-8-19(20)28-24)15-22(32)27-18-13-11-17(12-14-18)25(33)35-2/h3-14H,15H2,1-2H3,(H,27,32). The maximum atomic E-state index is 13.3. The first-order valence-electron chi connectivity index (χ1n) is 11.0. The third-order valence-electron chi connectivity index (χ3n) is 5.56. The minimum Gasteiger partial charge on any atom is -0.465 e. The SMILES string of the molecule is COC(=O)c1ccc(NC(=O)Cn2nc3c(Oc4ccccc4C)nc4ccccc4n3c2=O)cc1. The molecule has 2 heterocycles. The molecule has 3 aromatic carbocycles. The number of hydrogen-bond donors (Lipinski definition) is 1. The Kier molecular flexibility index (Phi) is 5.91. The summed E-state index contributed by atoms with van der Waals surface area (Å²) in [5.41, 5.74) is 2.48. The summed E-state index contributed by atoms with van der Waals surface area (Å²) < 4.78 is 13.2. The normalized spacial score (nSPS) is 10.9. The Morgan fingerprint density at radius 2 is 1.69 bits per heavy atom. The number of anilines is 1. The number of para-hydroxylation sites is 3. The van der Waals surface area contributed by atoms with E-state index in [1.165, 1.54) is 23.6 Å². The maximum Gasteiger partial charge on any atom is 0.351 e. The van der Waals surface area contributed by atoms with Crippen LogP contribution in [0.4, 0.5) is 5.69 Å². The fourth-order valence-electron chi connectivity index (χ4n) is 3.76. The molecule has 2 aromatic heterocycles. The quantitative estimate of drug-likeness (QED) is 0.367. The van der Waals surface area contributed by atoms with Crippen LogP contribution in [-0.2, 0) is 16.1 Å². The van der Waals surface area contributed by atoms with E-state index >= 15 is 0 Å². The molecule has 0 saturated heterocycles. The number of methoxy groups -OCH3 is 1. The first kappa shape index (κ1) is 22.8. The highest BCUT2D eigenvalue weighted by molar-refractivity contribution is 5.93. The number of ether oxygens (including phenoxy) is 2. The minimum atomic E-state index is -0.505. The molecule has 1 N–H and O–H groups in total. The number of rotatable bonds is 6. The second kappa shape index (κ2) is 9.34. The van der Waals surface area contributed by atoms with E-state index in [1.54, 1.807) is 36.4 Å². The predicted molar refractivity (Wildman–Crippen MR) is 132 cm³/mol. The smallest absolute Gasteiger partial charge is 0.351 e. The number of carbonyl (C=O) groups is 2. The molecule has 0 aliphatic heterocycles. The van der Waals surface area contributed by atoms with Crippen LogP contribution < -0.4 is 15.7 Å². The van der Waals surface area contributed by atoms with E-state index in [9.17, 15) is 14.4 Å². The summed E-state index contributed by atoms with van der Waals surface area (Å²) in [5, 5.41) is 7.07. The molecule has 0 bridgehead atoms. The van der Waals surface area contributed by atoms with Gasteiger partial charge in [0.15, 0.2) is 0 Å². The Bertz CT molecular complexity index is 1670. The van der Waals surface area contributed by atoms with Crippen LogP contribution in [0.2, 0.25) is 0 Å². The Hall–Kier alpha value is -4.99. The summed E-state index contributed by atoms with van der Waals surface area (Å²) >= 11 is 0. The maximum absolute atomic E-state index is 13.3. The summed E-state index contributed by atoms with van der Waals surface area (Å²) in [6.07, 6.45) is 0. The Morgan fingerprint density at radius 1 is 0.972 bits per heavy atom. The van der Waals surface area contributed by atoms with Crippen molar-refractivity contribution < 1.29 is 19.1 Å². The van der Waals surface area contributed by atoms with Crippen molar-refractivity contribution >= 4 is 34.2 Å². The molecule has 0 aliphatic rings. The lowest BCUT2D eigenvalue weighted by atomic mass is 10.2. The van der Waals surface area contributed by atoms with Crippen LogP contribution in [0.3, 0.4) is 0 Å².